The number of rotatable bonds is 1. The molecule has 1 atom stereocenters. The van der Waals surface area contributed by atoms with Crippen molar-refractivity contribution in [1.29, 1.82) is 0 Å². The Morgan fingerprint density at radius 3 is 2.33 bits per heavy atom. The highest BCUT2D eigenvalue weighted by molar-refractivity contribution is 8.16. The number of carbonyl (C=O) groups is 1. The Bertz CT molecular complexity index is 417. The second kappa shape index (κ2) is 5.70. The average Bonchev–Trinajstić information content (AvgIpc) is 2.61. The smallest absolute Gasteiger partial charge is 0.133 e. The van der Waals surface area contributed by atoms with E-state index in [0.717, 1.165) is 30.8 Å². The molecule has 1 saturated carbocycles. The van der Waals surface area contributed by atoms with E-state index in [-0.39, 0.29) is 0 Å². The quantitative estimate of drug-likeness (QED) is 0.764. The third-order valence-corrected chi connectivity index (χ3v) is 7.03. The molecular formula is C15H18OS2. The molecule has 1 aromatic rings. The van der Waals surface area contributed by atoms with Gasteiger partial charge in [-0.15, -0.1) is 23.5 Å². The maximum Gasteiger partial charge on any atom is 0.133 e. The Hall–Kier alpha value is -0.410. The highest BCUT2D eigenvalue weighted by Gasteiger charge is 2.29. The first-order valence-corrected chi connectivity index (χ1v) is 8.74. The highest BCUT2D eigenvalue weighted by Crippen LogP contribution is 2.43. The number of hydrogen-bond acceptors (Lipinski definition) is 3. The second-order valence-corrected chi connectivity index (χ2v) is 7.71. The van der Waals surface area contributed by atoms with Gasteiger partial charge >= 0.3 is 0 Å². The van der Waals surface area contributed by atoms with Crippen molar-refractivity contribution in [2.75, 3.05) is 0 Å². The van der Waals surface area contributed by atoms with Crippen molar-refractivity contribution in [3.63, 3.8) is 0 Å². The zero-order valence-corrected chi connectivity index (χ0v) is 12.1. The fourth-order valence-corrected chi connectivity index (χ4v) is 5.85. The minimum absolute atomic E-state index is 0.481. The number of Topliss-reactive ketones (excluding diaryl/α,β-unsaturated/α-hetero) is 1. The van der Waals surface area contributed by atoms with E-state index in [1.807, 2.05) is 23.5 Å². The van der Waals surface area contributed by atoms with E-state index in [1.54, 1.807) is 0 Å². The first-order valence-electron chi connectivity index (χ1n) is 6.64. The summed E-state index contributed by atoms with van der Waals surface area (Å²) in [5.41, 5.74) is 2.97. The van der Waals surface area contributed by atoms with E-state index in [9.17, 15) is 4.79 Å². The van der Waals surface area contributed by atoms with Crippen LogP contribution in [0.15, 0.2) is 24.3 Å². The molecule has 1 unspecified atom stereocenters. The number of thioether (sulfide) groups is 2. The van der Waals surface area contributed by atoms with Crippen LogP contribution in [0.1, 0.15) is 36.8 Å². The van der Waals surface area contributed by atoms with E-state index >= 15 is 0 Å². The number of ketones is 1. The molecule has 1 aliphatic carbocycles. The lowest BCUT2D eigenvalue weighted by molar-refractivity contribution is -0.121. The van der Waals surface area contributed by atoms with Crippen LogP contribution in [0, 0.1) is 5.92 Å². The molecule has 0 bridgehead atoms. The topological polar surface area (TPSA) is 17.1 Å². The summed E-state index contributed by atoms with van der Waals surface area (Å²) in [5, 5.41) is 0. The summed E-state index contributed by atoms with van der Waals surface area (Å²) in [5.74, 6) is 3.31. The van der Waals surface area contributed by atoms with E-state index < -0.39 is 0 Å². The van der Waals surface area contributed by atoms with Crippen LogP contribution in [0.3, 0.4) is 0 Å². The molecule has 96 valence electrons. The maximum absolute atomic E-state index is 11.6. The largest absolute Gasteiger partial charge is 0.300 e. The molecule has 1 nitrogen and oxygen atoms in total. The van der Waals surface area contributed by atoms with Gasteiger partial charge < -0.3 is 0 Å². The summed E-state index contributed by atoms with van der Waals surface area (Å²) in [7, 11) is 0. The zero-order chi connectivity index (χ0) is 12.4. The minimum atomic E-state index is 0.481. The third kappa shape index (κ3) is 2.77. The SMILES string of the molecule is O=C1CCCC(C2SCc3ccccc3CS2)C1. The maximum atomic E-state index is 11.6. The molecule has 1 aromatic carbocycles. The molecule has 0 amide bonds. The molecule has 1 heterocycles. The van der Waals surface area contributed by atoms with E-state index in [2.05, 4.69) is 24.3 Å². The summed E-state index contributed by atoms with van der Waals surface area (Å²) in [4.78, 5) is 11.6. The Labute approximate surface area is 117 Å². The number of hydrogen-bond donors (Lipinski definition) is 0. The monoisotopic (exact) mass is 278 g/mol. The standard InChI is InChI=1S/C15H18OS2/c16-14-7-3-6-11(8-14)15-17-9-12-4-1-2-5-13(12)10-18-15/h1-2,4-5,11,15H,3,6-10H2. The fraction of sp³-hybridized carbons (Fsp3) is 0.533. The number of carbonyl (C=O) groups excluding carboxylic acids is 1. The van der Waals surface area contributed by atoms with Gasteiger partial charge in [0.15, 0.2) is 0 Å². The van der Waals surface area contributed by atoms with Crippen molar-refractivity contribution in [2.45, 2.75) is 41.8 Å². The number of benzene rings is 1. The summed E-state index contributed by atoms with van der Waals surface area (Å²) in [6.07, 6.45) is 3.99. The van der Waals surface area contributed by atoms with E-state index in [1.165, 1.54) is 17.5 Å². The molecule has 0 N–H and O–H groups in total. The molecule has 0 saturated heterocycles. The summed E-state index contributed by atoms with van der Waals surface area (Å²) in [6, 6.07) is 8.76. The van der Waals surface area contributed by atoms with Crippen molar-refractivity contribution >= 4 is 29.3 Å². The van der Waals surface area contributed by atoms with E-state index in [4.69, 9.17) is 0 Å². The lowest BCUT2D eigenvalue weighted by Gasteiger charge is -2.27. The molecule has 3 rings (SSSR count). The van der Waals surface area contributed by atoms with Crippen LogP contribution in [-0.2, 0) is 16.3 Å². The van der Waals surface area contributed by atoms with Crippen LogP contribution in [0.4, 0.5) is 0 Å². The first-order chi connectivity index (χ1) is 8.83. The van der Waals surface area contributed by atoms with Crippen LogP contribution in [0.25, 0.3) is 0 Å². The molecule has 0 spiro atoms. The van der Waals surface area contributed by atoms with Crippen molar-refractivity contribution in [2.24, 2.45) is 5.92 Å². The summed E-state index contributed by atoms with van der Waals surface area (Å²) >= 11 is 4.09. The zero-order valence-electron chi connectivity index (χ0n) is 10.4. The molecule has 18 heavy (non-hydrogen) atoms. The number of fused-ring (bicyclic) bond motifs is 1. The molecule has 2 aliphatic rings. The molecule has 0 aromatic heterocycles. The van der Waals surface area contributed by atoms with Gasteiger partial charge in [0.2, 0.25) is 0 Å². The van der Waals surface area contributed by atoms with Crippen molar-refractivity contribution in [3.05, 3.63) is 35.4 Å². The van der Waals surface area contributed by atoms with Crippen LogP contribution in [0.2, 0.25) is 0 Å². The Balaban J connectivity index is 1.69. The molecular weight excluding hydrogens is 260 g/mol. The van der Waals surface area contributed by atoms with Crippen LogP contribution < -0.4 is 0 Å². The fourth-order valence-electron chi connectivity index (χ4n) is 2.79. The van der Waals surface area contributed by atoms with Gasteiger partial charge in [0.1, 0.15) is 5.78 Å². The second-order valence-electron chi connectivity index (χ2n) is 5.15. The van der Waals surface area contributed by atoms with Gasteiger partial charge in [-0.1, -0.05) is 24.3 Å². The summed E-state index contributed by atoms with van der Waals surface area (Å²) in [6.45, 7) is 0. The van der Waals surface area contributed by atoms with Gasteiger partial charge in [0, 0.05) is 24.3 Å². The lowest BCUT2D eigenvalue weighted by atomic mass is 9.90. The predicted molar refractivity (Wildman–Crippen MR) is 79.8 cm³/mol. The normalized spacial score (nSPS) is 25.6. The Kier molecular flexibility index (Phi) is 4.00. The lowest BCUT2D eigenvalue weighted by Crippen LogP contribution is -2.22. The summed E-state index contributed by atoms with van der Waals surface area (Å²) < 4.78 is 0.613. The molecule has 0 radical (unpaired) electrons. The predicted octanol–water partition coefficient (Wildman–Crippen LogP) is 4.25. The average molecular weight is 278 g/mol. The van der Waals surface area contributed by atoms with Crippen LogP contribution >= 0.6 is 23.5 Å². The highest BCUT2D eigenvalue weighted by atomic mass is 32.2. The van der Waals surface area contributed by atoms with Gasteiger partial charge in [-0.25, -0.2) is 0 Å². The first kappa shape index (κ1) is 12.6. The van der Waals surface area contributed by atoms with Gasteiger partial charge in [-0.05, 0) is 29.9 Å². The molecule has 1 fully saturated rings. The van der Waals surface area contributed by atoms with Crippen molar-refractivity contribution < 1.29 is 4.79 Å². The molecule has 1 aliphatic heterocycles. The van der Waals surface area contributed by atoms with Gasteiger partial charge in [-0.3, -0.25) is 4.79 Å². The van der Waals surface area contributed by atoms with Crippen LogP contribution in [-0.4, -0.2) is 10.4 Å². The van der Waals surface area contributed by atoms with Gasteiger partial charge in [0.25, 0.3) is 0 Å². The van der Waals surface area contributed by atoms with E-state index in [0.29, 0.717) is 16.3 Å². The van der Waals surface area contributed by atoms with Gasteiger partial charge in [0.05, 0.1) is 4.58 Å². The van der Waals surface area contributed by atoms with Gasteiger partial charge in [-0.2, -0.15) is 0 Å². The Morgan fingerprint density at radius 2 is 1.72 bits per heavy atom. The van der Waals surface area contributed by atoms with Crippen molar-refractivity contribution in [1.82, 2.24) is 0 Å². The van der Waals surface area contributed by atoms with Crippen molar-refractivity contribution in [3.8, 4) is 0 Å². The van der Waals surface area contributed by atoms with Crippen LogP contribution in [0.5, 0.6) is 0 Å². The molecule has 3 heteroatoms. The minimum Gasteiger partial charge on any atom is -0.300 e. The Morgan fingerprint density at radius 1 is 1.06 bits per heavy atom. The third-order valence-electron chi connectivity index (χ3n) is 3.83.